The molecule has 20 heavy (non-hydrogen) atoms. The number of carbonyl (C=O) groups is 1. The lowest BCUT2D eigenvalue weighted by Gasteiger charge is -2.07. The Morgan fingerprint density at radius 3 is 2.70 bits per heavy atom. The predicted molar refractivity (Wildman–Crippen MR) is 69.9 cm³/mol. The average molecular weight is 276 g/mol. The van der Waals surface area contributed by atoms with Crippen LogP contribution >= 0.6 is 0 Å². The Labute approximate surface area is 113 Å². The normalized spacial score (nSPS) is 10.2. The molecule has 7 nitrogen and oxygen atoms in total. The van der Waals surface area contributed by atoms with Crippen LogP contribution < -0.4 is 11.2 Å². The molecule has 2 aromatic rings. The zero-order chi connectivity index (χ0) is 14.7. The molecule has 7 heteroatoms. The Morgan fingerprint density at radius 2 is 2.10 bits per heavy atom. The van der Waals surface area contributed by atoms with Crippen molar-refractivity contribution in [1.82, 2.24) is 9.55 Å². The number of ether oxygens (including phenoxy) is 1. The van der Waals surface area contributed by atoms with Gasteiger partial charge in [-0.1, -0.05) is 6.07 Å². The molecule has 1 heterocycles. The van der Waals surface area contributed by atoms with Crippen molar-refractivity contribution in [3.63, 3.8) is 0 Å². The van der Waals surface area contributed by atoms with E-state index in [0.29, 0.717) is 5.56 Å². The molecule has 0 spiro atoms. The molecule has 0 aliphatic heterocycles. The molecular weight excluding hydrogens is 264 g/mol. The lowest BCUT2D eigenvalue weighted by molar-refractivity contribution is 0.0600. The van der Waals surface area contributed by atoms with Gasteiger partial charge in [0, 0.05) is 17.8 Å². The van der Waals surface area contributed by atoms with Crippen LogP contribution in [0.5, 0.6) is 5.75 Å². The molecule has 0 saturated heterocycles. The zero-order valence-corrected chi connectivity index (χ0v) is 10.6. The summed E-state index contributed by atoms with van der Waals surface area (Å²) in [6, 6.07) is 5.34. The van der Waals surface area contributed by atoms with Gasteiger partial charge in [-0.3, -0.25) is 9.36 Å². The number of aromatic nitrogens is 2. The number of hydrogen-bond donors (Lipinski definition) is 2. The summed E-state index contributed by atoms with van der Waals surface area (Å²) in [5, 5.41) is 9.84. The van der Waals surface area contributed by atoms with Gasteiger partial charge in [0.1, 0.15) is 5.75 Å². The second kappa shape index (κ2) is 5.43. The fourth-order valence-corrected chi connectivity index (χ4v) is 1.71. The van der Waals surface area contributed by atoms with Gasteiger partial charge < -0.3 is 14.8 Å². The number of benzene rings is 1. The number of nitrogens with one attached hydrogen (secondary N) is 1. The van der Waals surface area contributed by atoms with Gasteiger partial charge in [-0.25, -0.2) is 9.59 Å². The van der Waals surface area contributed by atoms with Crippen molar-refractivity contribution in [2.75, 3.05) is 7.11 Å². The van der Waals surface area contributed by atoms with E-state index in [9.17, 15) is 19.5 Å². The van der Waals surface area contributed by atoms with E-state index in [1.54, 1.807) is 0 Å². The molecule has 104 valence electrons. The summed E-state index contributed by atoms with van der Waals surface area (Å²) < 4.78 is 5.46. The van der Waals surface area contributed by atoms with Gasteiger partial charge in [0.2, 0.25) is 0 Å². The molecule has 0 fully saturated rings. The zero-order valence-electron chi connectivity index (χ0n) is 10.6. The Morgan fingerprint density at radius 1 is 1.35 bits per heavy atom. The summed E-state index contributed by atoms with van der Waals surface area (Å²) >= 11 is 0. The summed E-state index contributed by atoms with van der Waals surface area (Å²) in [5.41, 5.74) is -0.529. The van der Waals surface area contributed by atoms with Gasteiger partial charge in [-0.2, -0.15) is 0 Å². The van der Waals surface area contributed by atoms with Gasteiger partial charge in [-0.05, 0) is 12.1 Å². The highest BCUT2D eigenvalue weighted by Crippen LogP contribution is 2.19. The van der Waals surface area contributed by atoms with Crippen molar-refractivity contribution >= 4 is 5.97 Å². The fourth-order valence-electron chi connectivity index (χ4n) is 1.71. The molecule has 2 rings (SSSR count). The van der Waals surface area contributed by atoms with E-state index < -0.39 is 17.2 Å². The average Bonchev–Trinajstić information content (AvgIpc) is 2.43. The van der Waals surface area contributed by atoms with Crippen molar-refractivity contribution in [3.8, 4) is 5.75 Å². The molecule has 0 atom stereocenters. The van der Waals surface area contributed by atoms with Crippen LogP contribution in [0, 0.1) is 0 Å². The van der Waals surface area contributed by atoms with E-state index in [2.05, 4.69) is 9.72 Å². The molecule has 0 aliphatic carbocycles. The van der Waals surface area contributed by atoms with Crippen LogP contribution in [0.15, 0.2) is 40.1 Å². The first-order chi connectivity index (χ1) is 9.52. The number of carbonyl (C=O) groups excluding carboxylic acids is 1. The highest BCUT2D eigenvalue weighted by Gasteiger charge is 2.11. The number of phenolic OH excluding ortho intramolecular Hbond substituents is 1. The highest BCUT2D eigenvalue weighted by atomic mass is 16.5. The van der Waals surface area contributed by atoms with Crippen molar-refractivity contribution in [2.24, 2.45) is 0 Å². The minimum absolute atomic E-state index is 0.0949. The first-order valence-electron chi connectivity index (χ1n) is 5.71. The lowest BCUT2D eigenvalue weighted by atomic mass is 10.1. The minimum Gasteiger partial charge on any atom is -0.508 e. The number of phenols is 1. The molecule has 0 saturated carbocycles. The first-order valence-corrected chi connectivity index (χ1v) is 5.71. The van der Waals surface area contributed by atoms with Crippen LogP contribution in [0.3, 0.4) is 0 Å². The number of H-pyrrole nitrogens is 1. The van der Waals surface area contributed by atoms with Crippen LogP contribution in [-0.2, 0) is 11.3 Å². The number of aromatic amines is 1. The van der Waals surface area contributed by atoms with Crippen molar-refractivity contribution in [2.45, 2.75) is 6.54 Å². The summed E-state index contributed by atoms with van der Waals surface area (Å²) in [6.07, 6.45) is 1.25. The lowest BCUT2D eigenvalue weighted by Crippen LogP contribution is -2.34. The fraction of sp³-hybridized carbons (Fsp3) is 0.154. The Balaban J connectivity index is 2.38. The van der Waals surface area contributed by atoms with Gasteiger partial charge in [0.15, 0.2) is 0 Å². The van der Waals surface area contributed by atoms with E-state index in [-0.39, 0.29) is 17.9 Å². The summed E-state index contributed by atoms with van der Waals surface area (Å²) in [4.78, 5) is 36.8. The Bertz CT molecular complexity index is 732. The minimum atomic E-state index is -0.582. The quantitative estimate of drug-likeness (QED) is 0.773. The summed E-state index contributed by atoms with van der Waals surface area (Å²) in [7, 11) is 1.23. The molecule has 0 bridgehead atoms. The smallest absolute Gasteiger partial charge is 0.337 e. The van der Waals surface area contributed by atoms with E-state index in [0.717, 1.165) is 4.57 Å². The molecule has 0 amide bonds. The maximum atomic E-state index is 11.6. The first kappa shape index (κ1) is 13.6. The second-order valence-corrected chi connectivity index (χ2v) is 4.04. The van der Waals surface area contributed by atoms with Crippen LogP contribution in [0.2, 0.25) is 0 Å². The maximum Gasteiger partial charge on any atom is 0.337 e. The van der Waals surface area contributed by atoms with Crippen LogP contribution in [-0.4, -0.2) is 27.7 Å². The monoisotopic (exact) mass is 276 g/mol. The van der Waals surface area contributed by atoms with Gasteiger partial charge in [-0.15, -0.1) is 0 Å². The molecule has 0 unspecified atom stereocenters. The number of nitrogens with zero attached hydrogens (tertiary/aromatic N) is 1. The third kappa shape index (κ3) is 2.61. The van der Waals surface area contributed by atoms with E-state index in [1.807, 2.05) is 0 Å². The molecule has 2 N–H and O–H groups in total. The molecule has 1 aromatic carbocycles. The number of esters is 1. The highest BCUT2D eigenvalue weighted by molar-refractivity contribution is 5.89. The third-order valence-corrected chi connectivity index (χ3v) is 2.78. The number of rotatable bonds is 3. The topological polar surface area (TPSA) is 101 Å². The summed E-state index contributed by atoms with van der Waals surface area (Å²) in [5.74, 6) is -0.773. The predicted octanol–water partition coefficient (Wildman–Crippen LogP) is 0.0771. The molecule has 0 radical (unpaired) electrons. The number of methoxy groups -OCH3 is 1. The van der Waals surface area contributed by atoms with E-state index in [4.69, 9.17) is 0 Å². The Kier molecular flexibility index (Phi) is 3.69. The van der Waals surface area contributed by atoms with Crippen LogP contribution in [0.1, 0.15) is 15.9 Å². The molecule has 1 aromatic heterocycles. The number of hydrogen-bond acceptors (Lipinski definition) is 5. The van der Waals surface area contributed by atoms with Crippen molar-refractivity contribution in [3.05, 3.63) is 62.4 Å². The maximum absolute atomic E-state index is 11.6. The third-order valence-electron chi connectivity index (χ3n) is 2.78. The summed E-state index contributed by atoms with van der Waals surface area (Å²) in [6.45, 7) is -0.0949. The van der Waals surface area contributed by atoms with Gasteiger partial charge in [0.05, 0.1) is 19.2 Å². The Hall–Kier alpha value is -2.83. The van der Waals surface area contributed by atoms with Crippen molar-refractivity contribution in [1.29, 1.82) is 0 Å². The number of aromatic hydroxyl groups is 1. The second-order valence-electron chi connectivity index (χ2n) is 4.04. The SMILES string of the molecule is COC(=O)c1ccc(Cn2c(=O)cc[nH]c2=O)c(O)c1. The van der Waals surface area contributed by atoms with Gasteiger partial charge >= 0.3 is 11.7 Å². The van der Waals surface area contributed by atoms with E-state index >= 15 is 0 Å². The molecule has 0 aliphatic rings. The van der Waals surface area contributed by atoms with Crippen LogP contribution in [0.4, 0.5) is 0 Å². The van der Waals surface area contributed by atoms with Crippen LogP contribution in [0.25, 0.3) is 0 Å². The largest absolute Gasteiger partial charge is 0.508 e. The molecular formula is C13H12N2O5. The standard InChI is InChI=1S/C13H12N2O5/c1-20-12(18)8-2-3-9(10(16)6-8)7-15-11(17)4-5-14-13(15)19/h2-6,16H,7H2,1H3,(H,14,19). The van der Waals surface area contributed by atoms with Crippen molar-refractivity contribution < 1.29 is 14.6 Å². The van der Waals surface area contributed by atoms with E-state index in [1.165, 1.54) is 37.6 Å². The van der Waals surface area contributed by atoms with Gasteiger partial charge in [0.25, 0.3) is 5.56 Å².